The van der Waals surface area contributed by atoms with Crippen molar-refractivity contribution in [1.29, 1.82) is 0 Å². The molecule has 0 radical (unpaired) electrons. The Morgan fingerprint density at radius 3 is 2.65 bits per heavy atom. The molecule has 92 valence electrons. The third-order valence-electron chi connectivity index (χ3n) is 2.52. The molecule has 0 saturated heterocycles. The number of rotatable bonds is 3. The minimum absolute atomic E-state index is 0.490. The number of benzene rings is 1. The van der Waals surface area contributed by atoms with Crippen LogP contribution in [0.15, 0.2) is 28.7 Å². The molecule has 0 aliphatic carbocycles. The van der Waals surface area contributed by atoms with E-state index in [1.165, 1.54) is 6.07 Å². The van der Waals surface area contributed by atoms with Gasteiger partial charge in [0.1, 0.15) is 11.3 Å². The average molecular weight is 243 g/mol. The van der Waals surface area contributed by atoms with Crippen molar-refractivity contribution in [3.05, 3.63) is 35.6 Å². The molecule has 0 aliphatic rings. The number of halogens is 3. The van der Waals surface area contributed by atoms with Crippen LogP contribution in [-0.4, -0.2) is 13.6 Å². The Morgan fingerprint density at radius 2 is 2.00 bits per heavy atom. The first-order valence-electron chi connectivity index (χ1n) is 5.25. The van der Waals surface area contributed by atoms with Crippen LogP contribution in [0.1, 0.15) is 11.3 Å². The van der Waals surface area contributed by atoms with E-state index in [-0.39, 0.29) is 0 Å². The van der Waals surface area contributed by atoms with Crippen LogP contribution in [0.25, 0.3) is 11.0 Å². The molecule has 0 fully saturated rings. The number of alkyl halides is 3. The molecule has 2 rings (SSSR count). The molecule has 0 unspecified atom stereocenters. The molecule has 1 aromatic carbocycles. The highest BCUT2D eigenvalue weighted by Crippen LogP contribution is 2.32. The summed E-state index contributed by atoms with van der Waals surface area (Å²) in [5.41, 5.74) is -0.157. The predicted molar refractivity (Wildman–Crippen MR) is 58.8 cm³/mol. The summed E-state index contributed by atoms with van der Waals surface area (Å²) in [7, 11) is 1.81. The average Bonchev–Trinajstić information content (AvgIpc) is 2.66. The van der Waals surface area contributed by atoms with Gasteiger partial charge in [-0.15, -0.1) is 0 Å². The van der Waals surface area contributed by atoms with Crippen LogP contribution in [0, 0.1) is 0 Å². The lowest BCUT2D eigenvalue weighted by atomic mass is 10.1. The summed E-state index contributed by atoms with van der Waals surface area (Å²) < 4.78 is 42.9. The number of fused-ring (bicyclic) bond motifs is 1. The van der Waals surface area contributed by atoms with Crippen LogP contribution in [-0.2, 0) is 12.6 Å². The third-order valence-corrected chi connectivity index (χ3v) is 2.52. The van der Waals surface area contributed by atoms with Gasteiger partial charge in [-0.3, -0.25) is 0 Å². The molecule has 2 aromatic rings. The van der Waals surface area contributed by atoms with Crippen molar-refractivity contribution in [2.45, 2.75) is 12.6 Å². The number of likely N-dealkylation sites (N-methyl/N-ethyl adjacent to an activating group) is 1. The normalized spacial score (nSPS) is 12.2. The molecular weight excluding hydrogens is 231 g/mol. The quantitative estimate of drug-likeness (QED) is 0.895. The maximum atomic E-state index is 12.5. The Labute approximate surface area is 96.4 Å². The molecule has 0 amide bonds. The van der Waals surface area contributed by atoms with Gasteiger partial charge >= 0.3 is 6.18 Å². The van der Waals surface area contributed by atoms with E-state index in [0.717, 1.165) is 18.7 Å². The zero-order valence-corrected chi connectivity index (χ0v) is 9.27. The van der Waals surface area contributed by atoms with Crippen molar-refractivity contribution < 1.29 is 17.6 Å². The van der Waals surface area contributed by atoms with Crippen LogP contribution < -0.4 is 5.32 Å². The molecule has 2 nitrogen and oxygen atoms in total. The minimum atomic E-state index is -4.31. The van der Waals surface area contributed by atoms with Gasteiger partial charge in [0, 0.05) is 18.4 Å². The smallest absolute Gasteiger partial charge is 0.416 e. The van der Waals surface area contributed by atoms with Crippen LogP contribution in [0.2, 0.25) is 0 Å². The van der Waals surface area contributed by atoms with E-state index in [1.807, 2.05) is 7.05 Å². The zero-order valence-electron chi connectivity index (χ0n) is 9.27. The lowest BCUT2D eigenvalue weighted by molar-refractivity contribution is -0.137. The molecule has 5 heteroatoms. The fourth-order valence-electron chi connectivity index (χ4n) is 1.65. The summed E-state index contributed by atoms with van der Waals surface area (Å²) in [6.45, 7) is 0.728. The number of nitrogens with one attached hydrogen (secondary N) is 1. The Morgan fingerprint density at radius 1 is 1.24 bits per heavy atom. The van der Waals surface area contributed by atoms with E-state index in [0.29, 0.717) is 23.2 Å². The number of hydrogen-bond acceptors (Lipinski definition) is 2. The van der Waals surface area contributed by atoms with E-state index < -0.39 is 11.7 Å². The van der Waals surface area contributed by atoms with Gasteiger partial charge in [-0.05, 0) is 31.3 Å². The lowest BCUT2D eigenvalue weighted by Gasteiger charge is -2.04. The Balaban J connectivity index is 2.34. The minimum Gasteiger partial charge on any atom is -0.461 e. The SMILES string of the molecule is CNCCc1cc2cc(C(F)(F)F)ccc2o1. The van der Waals surface area contributed by atoms with E-state index in [9.17, 15) is 13.2 Å². The van der Waals surface area contributed by atoms with Gasteiger partial charge in [-0.2, -0.15) is 13.2 Å². The molecule has 0 bridgehead atoms. The summed E-state index contributed by atoms with van der Waals surface area (Å²) in [4.78, 5) is 0. The van der Waals surface area contributed by atoms with Gasteiger partial charge in [0.15, 0.2) is 0 Å². The Bertz CT molecular complexity index is 516. The highest BCUT2D eigenvalue weighted by atomic mass is 19.4. The summed E-state index contributed by atoms with van der Waals surface area (Å²) in [5, 5.41) is 3.45. The van der Waals surface area contributed by atoms with Gasteiger partial charge in [0.05, 0.1) is 5.56 Å². The van der Waals surface area contributed by atoms with Gasteiger partial charge in [0.2, 0.25) is 0 Å². The molecule has 0 saturated carbocycles. The van der Waals surface area contributed by atoms with Gasteiger partial charge in [0.25, 0.3) is 0 Å². The topological polar surface area (TPSA) is 25.2 Å². The van der Waals surface area contributed by atoms with Crippen LogP contribution in [0.4, 0.5) is 13.2 Å². The number of furan rings is 1. The predicted octanol–water partition coefficient (Wildman–Crippen LogP) is 3.21. The molecule has 1 aromatic heterocycles. The molecular formula is C12H12F3NO. The zero-order chi connectivity index (χ0) is 12.5. The van der Waals surface area contributed by atoms with Crippen molar-refractivity contribution in [3.8, 4) is 0 Å². The van der Waals surface area contributed by atoms with Gasteiger partial charge in [-0.1, -0.05) is 0 Å². The Hall–Kier alpha value is -1.49. The third kappa shape index (κ3) is 2.61. The van der Waals surface area contributed by atoms with Crippen LogP contribution >= 0.6 is 0 Å². The maximum absolute atomic E-state index is 12.5. The molecule has 0 spiro atoms. The van der Waals surface area contributed by atoms with E-state index in [1.54, 1.807) is 6.07 Å². The fourth-order valence-corrected chi connectivity index (χ4v) is 1.65. The summed E-state index contributed by atoms with van der Waals surface area (Å²) in [6.07, 6.45) is -3.65. The summed E-state index contributed by atoms with van der Waals surface area (Å²) >= 11 is 0. The largest absolute Gasteiger partial charge is 0.461 e. The van der Waals surface area contributed by atoms with Crippen molar-refractivity contribution in [3.63, 3.8) is 0 Å². The van der Waals surface area contributed by atoms with Crippen molar-refractivity contribution in [2.24, 2.45) is 0 Å². The van der Waals surface area contributed by atoms with Crippen LogP contribution in [0.3, 0.4) is 0 Å². The van der Waals surface area contributed by atoms with Gasteiger partial charge < -0.3 is 9.73 Å². The summed E-state index contributed by atoms with van der Waals surface area (Å²) in [5.74, 6) is 0.689. The maximum Gasteiger partial charge on any atom is 0.416 e. The highest BCUT2D eigenvalue weighted by Gasteiger charge is 2.30. The molecule has 17 heavy (non-hydrogen) atoms. The molecule has 1 heterocycles. The first-order chi connectivity index (χ1) is 8.00. The second-order valence-electron chi connectivity index (χ2n) is 3.82. The highest BCUT2D eigenvalue weighted by molar-refractivity contribution is 5.78. The standard InChI is InChI=1S/C12H12F3NO/c1-16-5-4-10-7-8-6-9(12(13,14)15)2-3-11(8)17-10/h2-3,6-7,16H,4-5H2,1H3. The van der Waals surface area contributed by atoms with Crippen molar-refractivity contribution >= 4 is 11.0 Å². The van der Waals surface area contributed by atoms with Gasteiger partial charge in [-0.25, -0.2) is 0 Å². The first kappa shape index (κ1) is 12.0. The van der Waals surface area contributed by atoms with Crippen LogP contribution in [0.5, 0.6) is 0 Å². The lowest BCUT2D eigenvalue weighted by Crippen LogP contribution is -2.09. The second kappa shape index (κ2) is 4.41. The summed E-state index contributed by atoms with van der Waals surface area (Å²) in [6, 6.07) is 5.17. The van der Waals surface area contributed by atoms with E-state index >= 15 is 0 Å². The molecule has 0 atom stereocenters. The van der Waals surface area contributed by atoms with Crippen molar-refractivity contribution in [2.75, 3.05) is 13.6 Å². The van der Waals surface area contributed by atoms with Crippen molar-refractivity contribution in [1.82, 2.24) is 5.32 Å². The van der Waals surface area contributed by atoms with E-state index in [4.69, 9.17) is 4.42 Å². The fraction of sp³-hybridized carbons (Fsp3) is 0.333. The first-order valence-corrected chi connectivity index (χ1v) is 5.25. The second-order valence-corrected chi connectivity index (χ2v) is 3.82. The Kier molecular flexibility index (Phi) is 3.11. The number of hydrogen-bond donors (Lipinski definition) is 1. The molecule has 1 N–H and O–H groups in total. The van der Waals surface area contributed by atoms with E-state index in [2.05, 4.69) is 5.32 Å². The molecule has 0 aliphatic heterocycles. The monoisotopic (exact) mass is 243 g/mol.